The van der Waals surface area contributed by atoms with Crippen molar-refractivity contribution in [3.63, 3.8) is 0 Å². The van der Waals surface area contributed by atoms with Crippen molar-refractivity contribution in [1.29, 1.82) is 0 Å². The normalized spacial score (nSPS) is 9.94. The van der Waals surface area contributed by atoms with E-state index in [4.69, 9.17) is 18.7 Å². The van der Waals surface area contributed by atoms with Crippen LogP contribution in [0.1, 0.15) is 25.4 Å². The number of hydrogen-bond acceptors (Lipinski definition) is 5. The standard InChI is InChI=1S/C11H14O3.CO2/c1-4-13-11(12)8(2)7-10-6-5-9(3)14-10;2-1-3/h5-7H,4H2,1-3H3;/b8-7+;. The Morgan fingerprint density at radius 1 is 1.47 bits per heavy atom. The van der Waals surface area contributed by atoms with Gasteiger partial charge in [-0.25, -0.2) is 4.79 Å². The molecule has 5 heteroatoms. The molecule has 0 aliphatic rings. The molecule has 0 amide bonds. The summed E-state index contributed by atoms with van der Waals surface area (Å²) < 4.78 is 10.1. The molecule has 17 heavy (non-hydrogen) atoms. The number of esters is 1. The Hall–Kier alpha value is -2.13. The van der Waals surface area contributed by atoms with Gasteiger partial charge >= 0.3 is 12.1 Å². The van der Waals surface area contributed by atoms with Crippen molar-refractivity contribution in [2.75, 3.05) is 6.61 Å². The Morgan fingerprint density at radius 2 is 2.06 bits per heavy atom. The van der Waals surface area contributed by atoms with E-state index in [1.165, 1.54) is 0 Å². The van der Waals surface area contributed by atoms with Crippen LogP contribution in [-0.2, 0) is 19.1 Å². The maximum absolute atomic E-state index is 11.2. The molecule has 0 radical (unpaired) electrons. The molecule has 1 aromatic rings. The topological polar surface area (TPSA) is 73.6 Å². The summed E-state index contributed by atoms with van der Waals surface area (Å²) in [5, 5.41) is 0. The molecule has 92 valence electrons. The van der Waals surface area contributed by atoms with Gasteiger partial charge in [-0.1, -0.05) is 0 Å². The lowest BCUT2D eigenvalue weighted by molar-refractivity contribution is -0.191. The summed E-state index contributed by atoms with van der Waals surface area (Å²) >= 11 is 0. The number of ether oxygens (including phenoxy) is 1. The molecule has 0 spiro atoms. The molecule has 1 aromatic heterocycles. The first-order valence-electron chi connectivity index (χ1n) is 4.96. The van der Waals surface area contributed by atoms with Gasteiger partial charge in [-0.05, 0) is 39.0 Å². The highest BCUT2D eigenvalue weighted by Crippen LogP contribution is 2.11. The van der Waals surface area contributed by atoms with Crippen LogP contribution in [0.5, 0.6) is 0 Å². The lowest BCUT2D eigenvalue weighted by Gasteiger charge is -1.99. The second-order valence-corrected chi connectivity index (χ2v) is 3.08. The molecule has 0 fully saturated rings. The van der Waals surface area contributed by atoms with Crippen LogP contribution in [0.4, 0.5) is 0 Å². The average Bonchev–Trinajstić information content (AvgIpc) is 2.65. The lowest BCUT2D eigenvalue weighted by atomic mass is 10.2. The van der Waals surface area contributed by atoms with Crippen LogP contribution in [0.3, 0.4) is 0 Å². The van der Waals surface area contributed by atoms with Gasteiger partial charge in [0.25, 0.3) is 0 Å². The van der Waals surface area contributed by atoms with E-state index in [0.717, 1.165) is 5.76 Å². The van der Waals surface area contributed by atoms with Crippen LogP contribution in [-0.4, -0.2) is 18.7 Å². The minimum absolute atomic E-state index is 0.250. The van der Waals surface area contributed by atoms with E-state index in [2.05, 4.69) is 0 Å². The van der Waals surface area contributed by atoms with E-state index in [0.29, 0.717) is 17.9 Å². The molecule has 5 nitrogen and oxygen atoms in total. The zero-order valence-corrected chi connectivity index (χ0v) is 9.98. The molecule has 0 aromatic carbocycles. The van der Waals surface area contributed by atoms with Crippen LogP contribution in [0.2, 0.25) is 0 Å². The third kappa shape index (κ3) is 6.12. The summed E-state index contributed by atoms with van der Waals surface area (Å²) in [4.78, 5) is 27.5. The van der Waals surface area contributed by atoms with Crippen LogP contribution in [0, 0.1) is 6.92 Å². The van der Waals surface area contributed by atoms with Crippen LogP contribution < -0.4 is 0 Å². The fourth-order valence-electron chi connectivity index (χ4n) is 1.05. The van der Waals surface area contributed by atoms with Crippen LogP contribution >= 0.6 is 0 Å². The number of carbonyl (C=O) groups is 1. The predicted molar refractivity (Wildman–Crippen MR) is 58.7 cm³/mol. The van der Waals surface area contributed by atoms with E-state index in [1.807, 2.05) is 19.1 Å². The third-order valence-electron chi connectivity index (χ3n) is 1.72. The van der Waals surface area contributed by atoms with E-state index in [1.54, 1.807) is 19.9 Å². The fraction of sp³-hybridized carbons (Fsp3) is 0.333. The smallest absolute Gasteiger partial charge is 0.373 e. The SMILES string of the molecule is CCOC(=O)/C(C)=C/c1ccc(C)o1.O=C=O. The largest absolute Gasteiger partial charge is 0.463 e. The minimum atomic E-state index is -0.304. The van der Waals surface area contributed by atoms with Crippen molar-refractivity contribution in [1.82, 2.24) is 0 Å². The molecular weight excluding hydrogens is 224 g/mol. The molecule has 0 N–H and O–H groups in total. The Balaban J connectivity index is 0.000000770. The monoisotopic (exact) mass is 238 g/mol. The van der Waals surface area contributed by atoms with Crippen molar-refractivity contribution in [3.05, 3.63) is 29.2 Å². The number of rotatable bonds is 3. The summed E-state index contributed by atoms with van der Waals surface area (Å²) in [6.07, 6.45) is 1.92. The van der Waals surface area contributed by atoms with Crippen molar-refractivity contribution in [3.8, 4) is 0 Å². The highest BCUT2D eigenvalue weighted by molar-refractivity contribution is 5.92. The summed E-state index contributed by atoms with van der Waals surface area (Å²) in [5.41, 5.74) is 0.543. The Morgan fingerprint density at radius 3 is 2.47 bits per heavy atom. The van der Waals surface area contributed by atoms with Gasteiger partial charge in [-0.2, -0.15) is 9.59 Å². The van der Waals surface area contributed by atoms with Crippen molar-refractivity contribution in [2.45, 2.75) is 20.8 Å². The van der Waals surface area contributed by atoms with E-state index in [9.17, 15) is 4.79 Å². The quantitative estimate of drug-likeness (QED) is 0.594. The van der Waals surface area contributed by atoms with Gasteiger partial charge in [0.15, 0.2) is 0 Å². The van der Waals surface area contributed by atoms with Gasteiger partial charge in [-0.3, -0.25) is 0 Å². The maximum atomic E-state index is 11.2. The third-order valence-corrected chi connectivity index (χ3v) is 1.72. The van der Waals surface area contributed by atoms with Gasteiger partial charge in [-0.15, -0.1) is 0 Å². The van der Waals surface area contributed by atoms with Crippen molar-refractivity contribution in [2.24, 2.45) is 0 Å². The van der Waals surface area contributed by atoms with Crippen molar-refractivity contribution >= 4 is 18.2 Å². The summed E-state index contributed by atoms with van der Waals surface area (Å²) in [5.74, 6) is 1.20. The van der Waals surface area contributed by atoms with Gasteiger partial charge in [0, 0.05) is 5.57 Å². The molecule has 0 saturated carbocycles. The van der Waals surface area contributed by atoms with Crippen LogP contribution in [0.25, 0.3) is 6.08 Å². The molecule has 0 unspecified atom stereocenters. The van der Waals surface area contributed by atoms with E-state index >= 15 is 0 Å². The molecule has 1 heterocycles. The highest BCUT2D eigenvalue weighted by atomic mass is 16.5. The molecule has 0 atom stereocenters. The predicted octanol–water partition coefficient (Wildman–Crippen LogP) is 1.97. The van der Waals surface area contributed by atoms with Gasteiger partial charge in [0.2, 0.25) is 0 Å². The molecular formula is C12H14O5. The van der Waals surface area contributed by atoms with Gasteiger partial charge in [0.1, 0.15) is 11.5 Å². The first kappa shape index (κ1) is 14.9. The zero-order chi connectivity index (χ0) is 13.3. The number of hydrogen-bond donors (Lipinski definition) is 0. The Kier molecular flexibility index (Phi) is 7.06. The summed E-state index contributed by atoms with van der Waals surface area (Å²) in [6.45, 7) is 5.73. The molecule has 0 saturated heterocycles. The Bertz CT molecular complexity index is 422. The second-order valence-electron chi connectivity index (χ2n) is 3.08. The van der Waals surface area contributed by atoms with Crippen molar-refractivity contribution < 1.29 is 23.5 Å². The molecule has 0 aliphatic carbocycles. The number of aryl methyl sites for hydroxylation is 1. The first-order valence-corrected chi connectivity index (χ1v) is 4.96. The first-order chi connectivity index (χ1) is 8.04. The second kappa shape index (κ2) is 8.07. The lowest BCUT2D eigenvalue weighted by Crippen LogP contribution is -2.04. The van der Waals surface area contributed by atoms with E-state index < -0.39 is 0 Å². The number of furan rings is 1. The minimum Gasteiger partial charge on any atom is -0.463 e. The van der Waals surface area contributed by atoms with Gasteiger partial charge in [0.05, 0.1) is 6.61 Å². The maximum Gasteiger partial charge on any atom is 0.373 e. The van der Waals surface area contributed by atoms with Crippen LogP contribution in [0.15, 0.2) is 22.1 Å². The number of carbonyl (C=O) groups excluding carboxylic acids is 3. The van der Waals surface area contributed by atoms with E-state index in [-0.39, 0.29) is 12.1 Å². The van der Waals surface area contributed by atoms with Gasteiger partial charge < -0.3 is 9.15 Å². The summed E-state index contributed by atoms with van der Waals surface area (Å²) in [6, 6.07) is 3.67. The Labute approximate surface area is 99.1 Å². The highest BCUT2D eigenvalue weighted by Gasteiger charge is 2.05. The average molecular weight is 238 g/mol. The summed E-state index contributed by atoms with van der Waals surface area (Å²) in [7, 11) is 0. The fourth-order valence-corrected chi connectivity index (χ4v) is 1.05. The molecule has 0 bridgehead atoms. The zero-order valence-electron chi connectivity index (χ0n) is 9.98. The molecule has 1 rings (SSSR count). The molecule has 0 aliphatic heterocycles.